The van der Waals surface area contributed by atoms with E-state index in [2.05, 4.69) is 159 Å². The van der Waals surface area contributed by atoms with Gasteiger partial charge in [0, 0.05) is 32.5 Å². The van der Waals surface area contributed by atoms with Gasteiger partial charge < -0.3 is 8.83 Å². The minimum Gasteiger partial charge on any atom is -0.462 e. The first-order valence-electron chi connectivity index (χ1n) is 19.4. The molecule has 8 aromatic rings. The lowest BCUT2D eigenvalue weighted by atomic mass is 9.88. The highest BCUT2D eigenvalue weighted by atomic mass is 28.2. The number of hydrogen-bond donors (Lipinski definition) is 0. The van der Waals surface area contributed by atoms with Crippen molar-refractivity contribution in [1.82, 2.24) is 0 Å². The fraction of sp³-hybridized carbons (Fsp3) is 0.154. The summed E-state index contributed by atoms with van der Waals surface area (Å²) < 4.78 is 12.8. The monoisotopic (exact) mass is 726 g/mol. The van der Waals surface area contributed by atoms with Crippen LogP contribution in [0.15, 0.2) is 142 Å². The van der Waals surface area contributed by atoms with Crippen molar-refractivity contribution in [3.63, 3.8) is 0 Å². The Bertz CT molecular complexity index is 2650. The smallest absolute Gasteiger partial charge is 0.130 e. The van der Waals surface area contributed by atoms with Crippen molar-refractivity contribution in [2.45, 2.75) is 51.6 Å². The SMILES string of the molecule is Cc1ccc(C2=Cc3c(ccc(C)c3-c3cccc4ccccc34)C2C[Si]CC2C(c3ccc(C)o3)=Cc3c2ccc(C)c3-c2cccc3ccccc23)o1. The van der Waals surface area contributed by atoms with Crippen molar-refractivity contribution in [3.8, 4) is 22.3 Å². The molecule has 55 heavy (non-hydrogen) atoms. The minimum atomic E-state index is 0.247. The zero-order valence-electron chi connectivity index (χ0n) is 31.7. The molecule has 2 unspecified atom stereocenters. The summed E-state index contributed by atoms with van der Waals surface area (Å²) in [6.45, 7) is 8.61. The van der Waals surface area contributed by atoms with Gasteiger partial charge in [0.15, 0.2) is 0 Å². The lowest BCUT2D eigenvalue weighted by Crippen LogP contribution is -2.08. The molecule has 0 spiro atoms. The van der Waals surface area contributed by atoms with E-state index in [1.165, 1.54) is 88.3 Å². The lowest BCUT2D eigenvalue weighted by molar-refractivity contribution is 0.518. The molecule has 3 heteroatoms. The summed E-state index contributed by atoms with van der Waals surface area (Å²) in [4.78, 5) is 0. The zero-order valence-corrected chi connectivity index (χ0v) is 32.7. The van der Waals surface area contributed by atoms with Gasteiger partial charge in [-0.3, -0.25) is 0 Å². The van der Waals surface area contributed by atoms with Crippen LogP contribution >= 0.6 is 0 Å². The molecule has 2 nitrogen and oxygen atoms in total. The molecule has 266 valence electrons. The van der Waals surface area contributed by atoms with Crippen LogP contribution < -0.4 is 0 Å². The maximum Gasteiger partial charge on any atom is 0.130 e. The second-order valence-electron chi connectivity index (χ2n) is 15.4. The molecule has 2 aliphatic carbocycles. The molecular weight excluding hydrogens is 685 g/mol. The van der Waals surface area contributed by atoms with Crippen LogP contribution in [0.25, 0.3) is 67.1 Å². The molecular formula is C52H42O2Si. The first kappa shape index (κ1) is 33.6. The summed E-state index contributed by atoms with van der Waals surface area (Å²) in [6.07, 6.45) is 4.88. The summed E-state index contributed by atoms with van der Waals surface area (Å²) in [5, 5.41) is 5.12. The van der Waals surface area contributed by atoms with Crippen molar-refractivity contribution < 1.29 is 8.83 Å². The Morgan fingerprint density at radius 3 is 1.33 bits per heavy atom. The van der Waals surface area contributed by atoms with Crippen LogP contribution in [0.2, 0.25) is 12.1 Å². The highest BCUT2D eigenvalue weighted by molar-refractivity contribution is 6.37. The van der Waals surface area contributed by atoms with Crippen molar-refractivity contribution in [3.05, 3.63) is 190 Å². The highest BCUT2D eigenvalue weighted by Crippen LogP contribution is 2.52. The summed E-state index contributed by atoms with van der Waals surface area (Å²) >= 11 is 0. The molecule has 10 rings (SSSR count). The molecule has 0 bridgehead atoms. The summed E-state index contributed by atoms with van der Waals surface area (Å²) in [6, 6.07) is 51.0. The maximum atomic E-state index is 6.39. The van der Waals surface area contributed by atoms with Crippen LogP contribution in [0.1, 0.15) is 68.3 Å². The Hall–Kier alpha value is -5.90. The van der Waals surface area contributed by atoms with Gasteiger partial charge in [-0.25, -0.2) is 0 Å². The molecule has 2 aliphatic rings. The fourth-order valence-corrected chi connectivity index (χ4v) is 11.0. The predicted molar refractivity (Wildman–Crippen MR) is 232 cm³/mol. The molecule has 0 saturated heterocycles. The largest absolute Gasteiger partial charge is 0.462 e. The van der Waals surface area contributed by atoms with E-state index in [0.717, 1.165) is 44.6 Å². The molecule has 0 aliphatic heterocycles. The average molecular weight is 727 g/mol. The van der Waals surface area contributed by atoms with E-state index in [1.807, 2.05) is 13.8 Å². The molecule has 2 atom stereocenters. The van der Waals surface area contributed by atoms with Crippen LogP contribution in [0, 0.1) is 27.7 Å². The number of rotatable bonds is 8. The molecule has 0 saturated carbocycles. The van der Waals surface area contributed by atoms with Gasteiger partial charge in [0.1, 0.15) is 23.0 Å². The van der Waals surface area contributed by atoms with Gasteiger partial charge in [0.05, 0.1) is 0 Å². The topological polar surface area (TPSA) is 26.3 Å². The predicted octanol–water partition coefficient (Wildman–Crippen LogP) is 14.3. The molecule has 2 aromatic heterocycles. The van der Waals surface area contributed by atoms with E-state index in [0.29, 0.717) is 0 Å². The van der Waals surface area contributed by atoms with E-state index < -0.39 is 0 Å². The van der Waals surface area contributed by atoms with Crippen molar-refractivity contribution in [1.29, 1.82) is 0 Å². The molecule has 0 fully saturated rings. The van der Waals surface area contributed by atoms with Gasteiger partial charge in [-0.15, -0.1) is 0 Å². The summed E-state index contributed by atoms with van der Waals surface area (Å²) in [7, 11) is 0.725. The standard InChI is InChI=1S/C52H42O2Si/c1-31-19-23-39-45(51(31)41-17-9-13-35-11-5-7-15-37(35)41)27-43(49-25-21-33(3)53-49)47(39)29-55-30-48-40-24-20-32(2)52(42-18-10-14-36-12-6-8-16-38(36)42)46(40)28-44(48)50-26-22-34(4)54-50/h5-28,47-48H,29-30H2,1-4H3. The summed E-state index contributed by atoms with van der Waals surface area (Å²) in [5.74, 6) is 4.35. The Balaban J connectivity index is 1.04. The maximum absolute atomic E-state index is 6.39. The Morgan fingerprint density at radius 2 is 0.891 bits per heavy atom. The van der Waals surface area contributed by atoms with Gasteiger partial charge in [0.2, 0.25) is 0 Å². The van der Waals surface area contributed by atoms with Crippen LogP contribution in [-0.4, -0.2) is 9.52 Å². The molecule has 0 amide bonds. The molecule has 2 heterocycles. The molecule has 6 aromatic carbocycles. The van der Waals surface area contributed by atoms with Gasteiger partial charge >= 0.3 is 0 Å². The normalized spacial score (nSPS) is 16.1. The number of furan rings is 2. The van der Waals surface area contributed by atoms with Crippen molar-refractivity contribution >= 4 is 54.4 Å². The van der Waals surface area contributed by atoms with E-state index in [9.17, 15) is 0 Å². The number of aryl methyl sites for hydroxylation is 4. The third kappa shape index (κ3) is 5.68. The number of hydrogen-bond acceptors (Lipinski definition) is 2. The van der Waals surface area contributed by atoms with Crippen LogP contribution in [0.5, 0.6) is 0 Å². The van der Waals surface area contributed by atoms with Gasteiger partial charge in [-0.2, -0.15) is 0 Å². The second kappa shape index (κ2) is 13.4. The van der Waals surface area contributed by atoms with E-state index in [4.69, 9.17) is 8.83 Å². The van der Waals surface area contributed by atoms with Crippen molar-refractivity contribution in [2.75, 3.05) is 0 Å². The molecule has 2 radical (unpaired) electrons. The summed E-state index contributed by atoms with van der Waals surface area (Å²) in [5.41, 5.74) is 15.9. The van der Waals surface area contributed by atoms with E-state index in [1.54, 1.807) is 0 Å². The van der Waals surface area contributed by atoms with Crippen molar-refractivity contribution in [2.24, 2.45) is 0 Å². The Labute approximate surface area is 325 Å². The lowest BCUT2D eigenvalue weighted by Gasteiger charge is -2.21. The van der Waals surface area contributed by atoms with E-state index >= 15 is 0 Å². The van der Waals surface area contributed by atoms with Crippen LogP contribution in [0.3, 0.4) is 0 Å². The van der Waals surface area contributed by atoms with E-state index in [-0.39, 0.29) is 11.8 Å². The van der Waals surface area contributed by atoms with Gasteiger partial charge in [-0.1, -0.05) is 109 Å². The quantitative estimate of drug-likeness (QED) is 0.146. The fourth-order valence-electron chi connectivity index (χ4n) is 9.33. The Morgan fingerprint density at radius 1 is 0.455 bits per heavy atom. The first-order chi connectivity index (χ1) is 26.9. The average Bonchev–Trinajstić information content (AvgIpc) is 4.00. The number of fused-ring (bicyclic) bond motifs is 4. The van der Waals surface area contributed by atoms with Crippen LogP contribution in [-0.2, 0) is 0 Å². The number of allylic oxidation sites excluding steroid dienone is 2. The van der Waals surface area contributed by atoms with Crippen LogP contribution in [0.4, 0.5) is 0 Å². The third-order valence-corrected chi connectivity index (χ3v) is 13.3. The third-order valence-electron chi connectivity index (χ3n) is 11.9. The highest BCUT2D eigenvalue weighted by Gasteiger charge is 2.34. The van der Waals surface area contributed by atoms with Gasteiger partial charge in [0.25, 0.3) is 0 Å². The number of benzene rings is 6. The molecule has 0 N–H and O–H groups in total. The zero-order chi connectivity index (χ0) is 37.2. The van der Waals surface area contributed by atoms with Gasteiger partial charge in [-0.05, 0) is 153 Å². The first-order valence-corrected chi connectivity index (χ1v) is 20.8. The minimum absolute atomic E-state index is 0.247. The Kier molecular flexibility index (Phi) is 8.22. The second-order valence-corrected chi connectivity index (χ2v) is 16.7.